The van der Waals surface area contributed by atoms with E-state index in [-0.39, 0.29) is 28.1 Å². The molecule has 0 aliphatic carbocycles. The fourth-order valence-electron chi connectivity index (χ4n) is 7.60. The lowest BCUT2D eigenvalue weighted by molar-refractivity contribution is -0.384. The highest BCUT2D eigenvalue weighted by Gasteiger charge is 2.25. The van der Waals surface area contributed by atoms with Crippen LogP contribution in [0.4, 0.5) is 22.9 Å². The van der Waals surface area contributed by atoms with Gasteiger partial charge < -0.3 is 15.5 Å². The second-order valence-corrected chi connectivity index (χ2v) is 18.4. The van der Waals surface area contributed by atoms with Gasteiger partial charge in [-0.05, 0) is 102 Å². The summed E-state index contributed by atoms with van der Waals surface area (Å²) in [6.07, 6.45) is 5.46. The van der Waals surface area contributed by atoms with E-state index in [4.69, 9.17) is 11.6 Å². The molecule has 2 aromatic heterocycles. The third-order valence-electron chi connectivity index (χ3n) is 10.9. The largest absolute Gasteiger partial charge is 0.376 e. The molecule has 1 aliphatic rings. The van der Waals surface area contributed by atoms with E-state index in [1.54, 1.807) is 24.2 Å². The van der Waals surface area contributed by atoms with E-state index in [1.165, 1.54) is 29.6 Å². The molecule has 0 unspecified atom stereocenters. The highest BCUT2D eigenvalue weighted by molar-refractivity contribution is 7.99. The van der Waals surface area contributed by atoms with E-state index in [1.807, 2.05) is 84.9 Å². The van der Waals surface area contributed by atoms with Gasteiger partial charge in [0.05, 0.1) is 15.3 Å². The lowest BCUT2D eigenvalue weighted by atomic mass is 9.99. The number of nitro benzene ring substituents is 1. The maximum absolute atomic E-state index is 13.9. The van der Waals surface area contributed by atoms with Crippen LogP contribution >= 0.6 is 23.4 Å². The van der Waals surface area contributed by atoms with Gasteiger partial charge in [-0.25, -0.2) is 18.4 Å². The third-order valence-corrected chi connectivity index (χ3v) is 13.7. The minimum absolute atomic E-state index is 0.0780. The average Bonchev–Trinajstić information content (AvgIpc) is 3.30. The molecule has 7 aromatic rings. The summed E-state index contributed by atoms with van der Waals surface area (Å²) in [6.45, 7) is 5.33. The molecule has 0 amide bonds. The number of nitrogens with one attached hydrogen (secondary N) is 3. The number of pyridine rings is 1. The fraction of sp³-hybridized carbons (Fsp3) is 0.213. The van der Waals surface area contributed by atoms with Crippen LogP contribution in [0.15, 0.2) is 156 Å². The Labute approximate surface area is 376 Å². The Morgan fingerprint density at radius 2 is 1.60 bits per heavy atom. The lowest BCUT2D eigenvalue weighted by Gasteiger charge is -2.36. The summed E-state index contributed by atoms with van der Waals surface area (Å²) in [5.74, 6) is 0.701. The van der Waals surface area contributed by atoms with E-state index in [2.05, 4.69) is 64.4 Å². The van der Waals surface area contributed by atoms with Crippen molar-refractivity contribution < 1.29 is 13.3 Å². The highest BCUT2D eigenvalue weighted by atomic mass is 35.5. The predicted molar refractivity (Wildman–Crippen MR) is 253 cm³/mol. The number of hydrogen-bond acceptors (Lipinski definition) is 12. The summed E-state index contributed by atoms with van der Waals surface area (Å²) >= 11 is 8.08. The van der Waals surface area contributed by atoms with E-state index in [0.29, 0.717) is 41.2 Å². The summed E-state index contributed by atoms with van der Waals surface area (Å²) in [5.41, 5.74) is 6.02. The minimum Gasteiger partial charge on any atom is -0.376 e. The molecule has 0 spiro atoms. The monoisotopic (exact) mass is 899 g/mol. The number of hydrogen-bond donors (Lipinski definition) is 3. The van der Waals surface area contributed by atoms with Crippen molar-refractivity contribution in [1.29, 1.82) is 0 Å². The zero-order valence-corrected chi connectivity index (χ0v) is 36.7. The van der Waals surface area contributed by atoms with Gasteiger partial charge >= 0.3 is 0 Å². The Balaban J connectivity index is 0.931. The number of nitrogens with zero attached hydrogens (tertiary/aromatic N) is 6. The van der Waals surface area contributed by atoms with Gasteiger partial charge in [-0.15, -0.1) is 11.8 Å². The molecule has 8 rings (SSSR count). The molecule has 3 N–H and O–H groups in total. The lowest BCUT2D eigenvalue weighted by Crippen LogP contribution is -2.46. The molecule has 0 saturated carbocycles. The summed E-state index contributed by atoms with van der Waals surface area (Å²) in [4.78, 5) is 30.2. The van der Waals surface area contributed by atoms with Crippen molar-refractivity contribution in [2.75, 3.05) is 53.4 Å². The summed E-state index contributed by atoms with van der Waals surface area (Å²) in [6, 6.07) is 39.6. The summed E-state index contributed by atoms with van der Waals surface area (Å²) < 4.78 is 30.3. The van der Waals surface area contributed by atoms with Crippen molar-refractivity contribution in [3.05, 3.63) is 172 Å². The Morgan fingerprint density at radius 1 is 0.841 bits per heavy atom. The van der Waals surface area contributed by atoms with Crippen molar-refractivity contribution in [2.45, 2.75) is 35.3 Å². The number of fused-ring (bicyclic) bond motifs is 1. The maximum atomic E-state index is 13.9. The minimum atomic E-state index is -4.30. The highest BCUT2D eigenvalue weighted by Crippen LogP contribution is 2.33. The molecule has 3 heterocycles. The van der Waals surface area contributed by atoms with Crippen molar-refractivity contribution in [1.82, 2.24) is 25.2 Å². The molecule has 322 valence electrons. The number of thioether (sulfide) groups is 1. The van der Waals surface area contributed by atoms with Gasteiger partial charge in [0.15, 0.2) is 5.82 Å². The first kappa shape index (κ1) is 43.5. The van der Waals surface area contributed by atoms with E-state index in [9.17, 15) is 18.5 Å². The molecule has 0 radical (unpaired) electrons. The normalized spacial score (nSPS) is 13.8. The zero-order valence-electron chi connectivity index (χ0n) is 34.3. The Morgan fingerprint density at radius 3 is 2.37 bits per heavy atom. The molecule has 1 fully saturated rings. The van der Waals surface area contributed by atoms with Crippen LogP contribution in [0.5, 0.6) is 0 Å². The molecular weight excluding hydrogens is 854 g/mol. The summed E-state index contributed by atoms with van der Waals surface area (Å²) in [5, 5.41) is 20.4. The Bertz CT molecular complexity index is 2770. The van der Waals surface area contributed by atoms with Gasteiger partial charge in [0, 0.05) is 90.5 Å². The van der Waals surface area contributed by atoms with Crippen molar-refractivity contribution in [3.8, 4) is 11.1 Å². The molecule has 1 saturated heterocycles. The van der Waals surface area contributed by atoms with Crippen molar-refractivity contribution >= 4 is 67.2 Å². The Kier molecular flexibility index (Phi) is 14.1. The van der Waals surface area contributed by atoms with Crippen LogP contribution in [0.25, 0.3) is 22.0 Å². The number of benzene rings is 5. The first-order chi connectivity index (χ1) is 30.7. The zero-order chi connectivity index (χ0) is 43.6. The number of aromatic nitrogens is 3. The van der Waals surface area contributed by atoms with Crippen LogP contribution in [-0.4, -0.2) is 77.7 Å². The quantitative estimate of drug-likeness (QED) is 0.0325. The molecule has 1 atom stereocenters. The van der Waals surface area contributed by atoms with Crippen LogP contribution in [0.3, 0.4) is 0 Å². The van der Waals surface area contributed by atoms with Crippen molar-refractivity contribution in [2.24, 2.45) is 0 Å². The van der Waals surface area contributed by atoms with Gasteiger partial charge in [-0.3, -0.25) is 24.7 Å². The van der Waals surface area contributed by atoms with E-state index < -0.39 is 14.9 Å². The number of sulfonamides is 1. The third kappa shape index (κ3) is 11.3. The van der Waals surface area contributed by atoms with Crippen LogP contribution in [-0.2, 0) is 23.1 Å². The molecule has 16 heteroatoms. The molecule has 1 aliphatic heterocycles. The molecule has 63 heavy (non-hydrogen) atoms. The Hall–Kier alpha value is -6.10. The number of halogens is 1. The molecular formula is C47H46ClN9O4S2. The smallest absolute Gasteiger partial charge is 0.293 e. The number of piperazine rings is 1. The van der Waals surface area contributed by atoms with Gasteiger partial charge in [-0.1, -0.05) is 66.2 Å². The fourth-order valence-corrected chi connectivity index (χ4v) is 9.84. The van der Waals surface area contributed by atoms with Gasteiger partial charge in [0.25, 0.3) is 15.7 Å². The molecule has 13 nitrogen and oxygen atoms in total. The standard InChI is InChI=1S/C47H46ClN9O4S2/c48-37-11-14-42(35-7-3-1-4-8-35)36(27-37)31-55-23-25-56(26-24-55)39-12-15-43-45(28-39)51-33-52-47(43)54-63(60,61)41-13-16-44(46(29-41)57(58)59)53-38(32-62-40-9-5-2-6-10-40)19-22-50-30-34-17-20-49-21-18-34/h1-18,20-21,27-29,33,38,50,53H,19,22-26,30-32H2,(H,51,52,54)/t38-/m1/s1. The van der Waals surface area contributed by atoms with E-state index >= 15 is 0 Å². The van der Waals surface area contributed by atoms with Crippen LogP contribution in [0.1, 0.15) is 17.5 Å². The average molecular weight is 901 g/mol. The second kappa shape index (κ2) is 20.4. The van der Waals surface area contributed by atoms with Crippen LogP contribution in [0, 0.1) is 10.1 Å². The van der Waals surface area contributed by atoms with Crippen molar-refractivity contribution in [3.63, 3.8) is 0 Å². The topological polar surface area (TPSA) is 159 Å². The van der Waals surface area contributed by atoms with Crippen LogP contribution in [0.2, 0.25) is 5.02 Å². The number of nitro groups is 1. The first-order valence-electron chi connectivity index (χ1n) is 20.6. The first-order valence-corrected chi connectivity index (χ1v) is 23.4. The summed E-state index contributed by atoms with van der Waals surface area (Å²) in [7, 11) is -4.30. The predicted octanol–water partition coefficient (Wildman–Crippen LogP) is 9.13. The SMILES string of the molecule is O=[N+]([O-])c1cc(S(=O)(=O)Nc2ncnc3cc(N4CCN(Cc5cc(Cl)ccc5-c5ccccc5)CC4)ccc23)ccc1N[C@H](CCNCc1ccncc1)CSc1ccccc1. The number of anilines is 3. The van der Waals surface area contributed by atoms with Gasteiger partial charge in [0.1, 0.15) is 12.0 Å². The van der Waals surface area contributed by atoms with Crippen LogP contribution < -0.4 is 20.3 Å². The van der Waals surface area contributed by atoms with Gasteiger partial charge in [0.2, 0.25) is 0 Å². The van der Waals surface area contributed by atoms with E-state index in [0.717, 1.165) is 60.5 Å². The molecule has 0 bridgehead atoms. The second-order valence-electron chi connectivity index (χ2n) is 15.2. The molecule has 5 aromatic carbocycles. The maximum Gasteiger partial charge on any atom is 0.293 e. The number of rotatable bonds is 18. The van der Waals surface area contributed by atoms with Gasteiger partial charge in [-0.2, -0.15) is 0 Å².